The molecule has 0 aliphatic carbocycles. The van der Waals surface area contributed by atoms with Gasteiger partial charge in [-0.2, -0.15) is 0 Å². The summed E-state index contributed by atoms with van der Waals surface area (Å²) in [5.74, 6) is 0.710. The maximum absolute atomic E-state index is 11.6. The Morgan fingerprint density at radius 1 is 0.968 bits per heavy atom. The smallest absolute Gasteiger partial charge is 0.224 e. The van der Waals surface area contributed by atoms with Crippen LogP contribution in [0.1, 0.15) is 30.9 Å². The lowest BCUT2D eigenvalue weighted by Gasteiger charge is -2.12. The summed E-state index contributed by atoms with van der Waals surface area (Å²) in [7, 11) is -1.46. The van der Waals surface area contributed by atoms with Crippen molar-refractivity contribution >= 4 is 51.4 Å². The molecule has 0 fully saturated rings. The van der Waals surface area contributed by atoms with E-state index in [0.29, 0.717) is 30.4 Å². The number of carbonyl (C=O) groups excluding carboxylic acids is 1. The maximum atomic E-state index is 11.6. The summed E-state index contributed by atoms with van der Waals surface area (Å²) in [6.07, 6.45) is 3.30. The van der Waals surface area contributed by atoms with Crippen molar-refractivity contribution < 1.29 is 13.2 Å². The van der Waals surface area contributed by atoms with Crippen LogP contribution in [0.15, 0.2) is 58.4 Å². The molecule has 0 saturated heterocycles. The minimum atomic E-state index is -3.17. The summed E-state index contributed by atoms with van der Waals surface area (Å²) in [6, 6.07) is 14.6. The molecule has 0 aliphatic heterocycles. The van der Waals surface area contributed by atoms with E-state index >= 15 is 0 Å². The first kappa shape index (κ1) is 26.9. The van der Waals surface area contributed by atoms with Crippen LogP contribution in [0.3, 0.4) is 0 Å². The number of nitrogens with one attached hydrogen (secondary N) is 3. The molecule has 0 unspecified atom stereocenters. The van der Waals surface area contributed by atoms with E-state index in [2.05, 4.69) is 20.9 Å². The second-order valence-corrected chi connectivity index (χ2v) is 9.03. The van der Waals surface area contributed by atoms with E-state index in [1.807, 2.05) is 43.3 Å². The molecule has 9 heteroatoms. The quantitative estimate of drug-likeness (QED) is 0.249. The summed E-state index contributed by atoms with van der Waals surface area (Å²) >= 11 is 0. The topological polar surface area (TPSA) is 99.7 Å². The molecule has 0 heterocycles. The number of hydrogen-bond donors (Lipinski definition) is 3. The van der Waals surface area contributed by atoms with E-state index in [4.69, 9.17) is 0 Å². The molecule has 2 aromatic carbocycles. The number of aliphatic imine (C=N–C) groups is 1. The van der Waals surface area contributed by atoms with Crippen molar-refractivity contribution in [1.82, 2.24) is 10.6 Å². The first-order chi connectivity index (χ1) is 14.3. The Labute approximate surface area is 202 Å². The van der Waals surface area contributed by atoms with Crippen molar-refractivity contribution in [1.29, 1.82) is 0 Å². The highest BCUT2D eigenvalue weighted by Crippen LogP contribution is 2.11. The Kier molecular flexibility index (Phi) is 11.5. The summed E-state index contributed by atoms with van der Waals surface area (Å²) in [6.45, 7) is 3.25. The van der Waals surface area contributed by atoms with Crippen LogP contribution >= 0.6 is 24.0 Å². The summed E-state index contributed by atoms with van der Waals surface area (Å²) in [5, 5.41) is 9.37. The van der Waals surface area contributed by atoms with Gasteiger partial charge in [0.05, 0.1) is 4.90 Å². The van der Waals surface area contributed by atoms with E-state index in [9.17, 15) is 13.2 Å². The van der Waals surface area contributed by atoms with Crippen molar-refractivity contribution in [3.05, 3.63) is 59.7 Å². The van der Waals surface area contributed by atoms with Crippen LogP contribution in [-0.4, -0.2) is 40.1 Å². The lowest BCUT2D eigenvalue weighted by Crippen LogP contribution is -2.37. The van der Waals surface area contributed by atoms with E-state index in [-0.39, 0.29) is 29.9 Å². The van der Waals surface area contributed by atoms with Gasteiger partial charge in [-0.3, -0.25) is 9.79 Å². The third-order valence-corrected chi connectivity index (χ3v) is 5.58. The fraction of sp³-hybridized carbons (Fsp3) is 0.364. The lowest BCUT2D eigenvalue weighted by atomic mass is 10.1. The summed E-state index contributed by atoms with van der Waals surface area (Å²) < 4.78 is 23.0. The first-order valence-electron chi connectivity index (χ1n) is 9.94. The maximum Gasteiger partial charge on any atom is 0.224 e. The van der Waals surface area contributed by atoms with Crippen LogP contribution in [0.4, 0.5) is 5.69 Å². The fourth-order valence-corrected chi connectivity index (χ4v) is 3.42. The van der Waals surface area contributed by atoms with Crippen LogP contribution in [0.2, 0.25) is 0 Å². The molecule has 2 rings (SSSR count). The van der Waals surface area contributed by atoms with E-state index in [1.165, 1.54) is 6.26 Å². The number of hydrogen-bond acceptors (Lipinski definition) is 4. The summed E-state index contributed by atoms with van der Waals surface area (Å²) in [5.41, 5.74) is 2.91. The zero-order chi connectivity index (χ0) is 22.0. The molecule has 0 atom stereocenters. The molecule has 31 heavy (non-hydrogen) atoms. The molecule has 0 radical (unpaired) electrons. The predicted molar refractivity (Wildman–Crippen MR) is 137 cm³/mol. The van der Waals surface area contributed by atoms with Crippen LogP contribution in [-0.2, 0) is 27.6 Å². The minimum Gasteiger partial charge on any atom is -0.356 e. The second-order valence-electron chi connectivity index (χ2n) is 7.01. The second kappa shape index (κ2) is 13.3. The SMILES string of the molecule is CCCC(=O)Nc1ccc(CNC(=NC)NCCc2ccc(S(C)(=O)=O)cc2)cc1.I. The highest BCUT2D eigenvalue weighted by Gasteiger charge is 2.06. The van der Waals surface area contributed by atoms with Gasteiger partial charge in [0.15, 0.2) is 15.8 Å². The van der Waals surface area contributed by atoms with Crippen molar-refractivity contribution in [3.63, 3.8) is 0 Å². The van der Waals surface area contributed by atoms with Gasteiger partial charge >= 0.3 is 0 Å². The molecular weight excluding hydrogens is 527 g/mol. The number of amides is 1. The normalized spacial score (nSPS) is 11.4. The number of nitrogens with zero attached hydrogens (tertiary/aromatic N) is 1. The number of carbonyl (C=O) groups is 1. The minimum absolute atomic E-state index is 0. The molecule has 0 aliphatic rings. The molecule has 0 spiro atoms. The van der Waals surface area contributed by atoms with Crippen LogP contribution < -0.4 is 16.0 Å². The molecule has 7 nitrogen and oxygen atoms in total. The zero-order valence-corrected chi connectivity index (χ0v) is 21.3. The highest BCUT2D eigenvalue weighted by molar-refractivity contribution is 14.0. The van der Waals surface area contributed by atoms with E-state index in [0.717, 1.165) is 29.7 Å². The summed E-state index contributed by atoms with van der Waals surface area (Å²) in [4.78, 5) is 16.2. The molecule has 170 valence electrons. The predicted octanol–water partition coefficient (Wildman–Crippen LogP) is 3.35. The zero-order valence-electron chi connectivity index (χ0n) is 18.1. The molecule has 3 N–H and O–H groups in total. The highest BCUT2D eigenvalue weighted by atomic mass is 127. The number of benzene rings is 2. The van der Waals surface area contributed by atoms with Gasteiger partial charge in [-0.15, -0.1) is 24.0 Å². The Hall–Kier alpha value is -2.14. The number of halogens is 1. The largest absolute Gasteiger partial charge is 0.356 e. The Morgan fingerprint density at radius 2 is 1.58 bits per heavy atom. The van der Waals surface area contributed by atoms with Crippen LogP contribution in [0.25, 0.3) is 0 Å². The van der Waals surface area contributed by atoms with Crippen molar-refractivity contribution in [2.75, 3.05) is 25.2 Å². The average molecular weight is 558 g/mol. The van der Waals surface area contributed by atoms with Crippen LogP contribution in [0.5, 0.6) is 0 Å². The molecule has 0 aromatic heterocycles. The number of sulfone groups is 1. The monoisotopic (exact) mass is 558 g/mol. The van der Waals surface area contributed by atoms with Gasteiger partial charge in [0.25, 0.3) is 0 Å². The van der Waals surface area contributed by atoms with Gasteiger partial charge in [-0.25, -0.2) is 8.42 Å². The molecule has 1 amide bonds. The Balaban J connectivity index is 0.00000480. The molecule has 0 saturated carbocycles. The van der Waals surface area contributed by atoms with Gasteiger partial charge in [0, 0.05) is 38.5 Å². The number of anilines is 1. The van der Waals surface area contributed by atoms with Crippen LogP contribution in [0, 0.1) is 0 Å². The molecular formula is C22H31IN4O3S. The van der Waals surface area contributed by atoms with E-state index < -0.39 is 9.84 Å². The molecule has 2 aromatic rings. The third kappa shape index (κ3) is 9.69. The standard InChI is InChI=1S/C22H30N4O3S.HI/c1-4-5-21(27)26-19-10-6-18(7-11-19)16-25-22(23-2)24-15-14-17-8-12-20(13-9-17)30(3,28)29;/h6-13H,4-5,14-16H2,1-3H3,(H,26,27)(H2,23,24,25);1H. The van der Waals surface area contributed by atoms with Crippen molar-refractivity contribution in [2.45, 2.75) is 37.6 Å². The van der Waals surface area contributed by atoms with Gasteiger partial charge in [-0.1, -0.05) is 31.2 Å². The Morgan fingerprint density at radius 3 is 2.13 bits per heavy atom. The third-order valence-electron chi connectivity index (χ3n) is 4.46. The Bertz CT molecular complexity index is 959. The number of guanidine groups is 1. The van der Waals surface area contributed by atoms with Crippen molar-refractivity contribution in [2.24, 2.45) is 4.99 Å². The first-order valence-corrected chi connectivity index (χ1v) is 11.8. The van der Waals surface area contributed by atoms with Gasteiger partial charge in [-0.05, 0) is 48.2 Å². The lowest BCUT2D eigenvalue weighted by molar-refractivity contribution is -0.116. The van der Waals surface area contributed by atoms with Crippen molar-refractivity contribution in [3.8, 4) is 0 Å². The van der Waals surface area contributed by atoms with Gasteiger partial charge < -0.3 is 16.0 Å². The fourth-order valence-electron chi connectivity index (χ4n) is 2.79. The molecule has 0 bridgehead atoms. The van der Waals surface area contributed by atoms with E-state index in [1.54, 1.807) is 19.2 Å². The van der Waals surface area contributed by atoms with Gasteiger partial charge in [0.1, 0.15) is 0 Å². The van der Waals surface area contributed by atoms with Gasteiger partial charge in [0.2, 0.25) is 5.91 Å². The average Bonchev–Trinajstić information content (AvgIpc) is 2.71. The number of rotatable bonds is 9.